The highest BCUT2D eigenvalue weighted by Gasteiger charge is 1.98. The van der Waals surface area contributed by atoms with E-state index in [-0.39, 0.29) is 0 Å². The molecule has 0 bridgehead atoms. The van der Waals surface area contributed by atoms with E-state index < -0.39 is 0 Å². The SMILES string of the molecule is CCc1ccc(-c2cccc(C=NN)c2)cc1. The summed E-state index contributed by atoms with van der Waals surface area (Å²) >= 11 is 0. The van der Waals surface area contributed by atoms with Gasteiger partial charge in [-0.1, -0.05) is 49.4 Å². The molecule has 0 aliphatic carbocycles. The van der Waals surface area contributed by atoms with Crippen LogP contribution in [-0.4, -0.2) is 6.21 Å². The van der Waals surface area contributed by atoms with Crippen molar-refractivity contribution in [3.63, 3.8) is 0 Å². The van der Waals surface area contributed by atoms with Crippen molar-refractivity contribution in [1.29, 1.82) is 0 Å². The molecule has 0 saturated carbocycles. The van der Waals surface area contributed by atoms with Gasteiger partial charge in [-0.15, -0.1) is 0 Å². The zero-order chi connectivity index (χ0) is 12.1. The van der Waals surface area contributed by atoms with Crippen molar-refractivity contribution < 1.29 is 0 Å². The Balaban J connectivity index is 2.34. The number of aryl methyl sites for hydroxylation is 1. The first-order chi connectivity index (χ1) is 8.33. The molecule has 0 radical (unpaired) electrons. The highest BCUT2D eigenvalue weighted by molar-refractivity contribution is 5.82. The Morgan fingerprint density at radius 3 is 2.47 bits per heavy atom. The van der Waals surface area contributed by atoms with Gasteiger partial charge in [-0.3, -0.25) is 0 Å². The van der Waals surface area contributed by atoms with Gasteiger partial charge in [-0.25, -0.2) is 0 Å². The van der Waals surface area contributed by atoms with Gasteiger partial charge < -0.3 is 5.84 Å². The quantitative estimate of drug-likeness (QED) is 0.485. The number of hydrogen-bond donors (Lipinski definition) is 1. The summed E-state index contributed by atoms with van der Waals surface area (Å²) < 4.78 is 0. The molecule has 0 saturated heterocycles. The van der Waals surface area contributed by atoms with E-state index in [4.69, 9.17) is 5.84 Å². The van der Waals surface area contributed by atoms with E-state index in [1.165, 1.54) is 16.7 Å². The van der Waals surface area contributed by atoms with Crippen LogP contribution in [0, 0.1) is 0 Å². The Morgan fingerprint density at radius 1 is 1.06 bits per heavy atom. The molecule has 0 aliphatic heterocycles. The zero-order valence-corrected chi connectivity index (χ0v) is 9.93. The van der Waals surface area contributed by atoms with Crippen LogP contribution < -0.4 is 5.84 Å². The number of hydrazone groups is 1. The van der Waals surface area contributed by atoms with Crippen LogP contribution in [0.1, 0.15) is 18.1 Å². The summed E-state index contributed by atoms with van der Waals surface area (Å²) in [5.74, 6) is 5.16. The molecule has 86 valence electrons. The van der Waals surface area contributed by atoms with E-state index in [0.29, 0.717) is 0 Å². The van der Waals surface area contributed by atoms with Crippen LogP contribution in [0.25, 0.3) is 11.1 Å². The molecule has 0 aromatic heterocycles. The molecule has 0 fully saturated rings. The third-order valence-electron chi connectivity index (χ3n) is 2.81. The lowest BCUT2D eigenvalue weighted by Gasteiger charge is -2.04. The Morgan fingerprint density at radius 2 is 1.82 bits per heavy atom. The minimum absolute atomic E-state index is 1.02. The average Bonchev–Trinajstić information content (AvgIpc) is 2.40. The van der Waals surface area contributed by atoms with Crippen LogP contribution >= 0.6 is 0 Å². The molecule has 0 amide bonds. The molecule has 2 aromatic rings. The van der Waals surface area contributed by atoms with Crippen molar-refractivity contribution in [3.8, 4) is 11.1 Å². The molecule has 0 unspecified atom stereocenters. The van der Waals surface area contributed by atoms with Crippen LogP contribution in [0.4, 0.5) is 0 Å². The second-order valence-electron chi connectivity index (χ2n) is 3.95. The summed E-state index contributed by atoms with van der Waals surface area (Å²) in [5, 5.41) is 3.54. The summed E-state index contributed by atoms with van der Waals surface area (Å²) in [6.07, 6.45) is 2.73. The van der Waals surface area contributed by atoms with Gasteiger partial charge in [0.2, 0.25) is 0 Å². The maximum atomic E-state index is 5.16. The summed E-state index contributed by atoms with van der Waals surface area (Å²) in [5.41, 5.74) is 4.78. The van der Waals surface area contributed by atoms with E-state index in [2.05, 4.69) is 48.4 Å². The molecule has 2 nitrogen and oxygen atoms in total. The van der Waals surface area contributed by atoms with E-state index in [1.54, 1.807) is 6.21 Å². The summed E-state index contributed by atoms with van der Waals surface area (Å²) in [6.45, 7) is 2.16. The molecule has 2 aromatic carbocycles. The van der Waals surface area contributed by atoms with Gasteiger partial charge in [0.25, 0.3) is 0 Å². The molecule has 0 spiro atoms. The smallest absolute Gasteiger partial charge is 0.0538 e. The fourth-order valence-corrected chi connectivity index (χ4v) is 1.82. The number of rotatable bonds is 3. The van der Waals surface area contributed by atoms with Gasteiger partial charge >= 0.3 is 0 Å². The summed E-state index contributed by atoms with van der Waals surface area (Å²) in [7, 11) is 0. The first-order valence-corrected chi connectivity index (χ1v) is 5.76. The van der Waals surface area contributed by atoms with Gasteiger partial charge in [-0.05, 0) is 34.7 Å². The first kappa shape index (κ1) is 11.4. The fourth-order valence-electron chi connectivity index (χ4n) is 1.82. The Bertz CT molecular complexity index is 513. The monoisotopic (exact) mass is 224 g/mol. The van der Waals surface area contributed by atoms with Crippen LogP contribution in [0.15, 0.2) is 53.6 Å². The Kier molecular flexibility index (Phi) is 3.55. The van der Waals surface area contributed by atoms with E-state index in [0.717, 1.165) is 12.0 Å². The molecule has 17 heavy (non-hydrogen) atoms. The van der Waals surface area contributed by atoms with E-state index >= 15 is 0 Å². The minimum atomic E-state index is 1.02. The maximum Gasteiger partial charge on any atom is 0.0538 e. The third-order valence-corrected chi connectivity index (χ3v) is 2.81. The van der Waals surface area contributed by atoms with Gasteiger partial charge in [0.1, 0.15) is 0 Å². The first-order valence-electron chi connectivity index (χ1n) is 5.76. The maximum absolute atomic E-state index is 5.16. The van der Waals surface area contributed by atoms with E-state index in [9.17, 15) is 0 Å². The lowest BCUT2D eigenvalue weighted by Crippen LogP contribution is -1.87. The zero-order valence-electron chi connectivity index (χ0n) is 9.93. The summed E-state index contributed by atoms with van der Waals surface area (Å²) in [6, 6.07) is 16.8. The predicted octanol–water partition coefficient (Wildman–Crippen LogP) is 3.21. The van der Waals surface area contributed by atoms with Gasteiger partial charge in [-0.2, -0.15) is 5.10 Å². The van der Waals surface area contributed by atoms with Crippen molar-refractivity contribution in [2.45, 2.75) is 13.3 Å². The van der Waals surface area contributed by atoms with Crippen LogP contribution in [0.3, 0.4) is 0 Å². The topological polar surface area (TPSA) is 38.4 Å². The number of hydrogen-bond acceptors (Lipinski definition) is 2. The molecule has 2 heteroatoms. The predicted molar refractivity (Wildman–Crippen MR) is 73.0 cm³/mol. The largest absolute Gasteiger partial charge is 0.323 e. The number of nitrogens with zero attached hydrogens (tertiary/aromatic N) is 1. The molecule has 0 atom stereocenters. The second kappa shape index (κ2) is 5.30. The van der Waals surface area contributed by atoms with Crippen molar-refractivity contribution in [2.24, 2.45) is 10.9 Å². The van der Waals surface area contributed by atoms with Crippen molar-refractivity contribution in [1.82, 2.24) is 0 Å². The molecule has 0 aliphatic rings. The van der Waals surface area contributed by atoms with Crippen molar-refractivity contribution >= 4 is 6.21 Å². The molecule has 2 N–H and O–H groups in total. The van der Waals surface area contributed by atoms with E-state index in [1.807, 2.05) is 12.1 Å². The third kappa shape index (κ3) is 2.72. The van der Waals surface area contributed by atoms with Crippen molar-refractivity contribution in [3.05, 3.63) is 59.7 Å². The lowest BCUT2D eigenvalue weighted by atomic mass is 10.0. The van der Waals surface area contributed by atoms with Crippen LogP contribution in [0.5, 0.6) is 0 Å². The van der Waals surface area contributed by atoms with Crippen molar-refractivity contribution in [2.75, 3.05) is 0 Å². The second-order valence-corrected chi connectivity index (χ2v) is 3.95. The number of benzene rings is 2. The highest BCUT2D eigenvalue weighted by atomic mass is 15.1. The molecular formula is C15H16N2. The molecule has 2 rings (SSSR count). The minimum Gasteiger partial charge on any atom is -0.323 e. The summed E-state index contributed by atoms with van der Waals surface area (Å²) in [4.78, 5) is 0. The molecule has 0 heterocycles. The lowest BCUT2D eigenvalue weighted by molar-refractivity contribution is 1.14. The standard InChI is InChI=1S/C15H16N2/c1-2-12-6-8-14(9-7-12)15-5-3-4-13(10-15)11-17-16/h3-11H,2,16H2,1H3. The highest BCUT2D eigenvalue weighted by Crippen LogP contribution is 2.20. The van der Waals surface area contributed by atoms with Crippen LogP contribution in [-0.2, 0) is 6.42 Å². The Labute approximate surface area is 102 Å². The Hall–Kier alpha value is -2.09. The van der Waals surface area contributed by atoms with Gasteiger partial charge in [0.05, 0.1) is 6.21 Å². The fraction of sp³-hybridized carbons (Fsp3) is 0.133. The normalized spacial score (nSPS) is 10.9. The van der Waals surface area contributed by atoms with Crippen LogP contribution in [0.2, 0.25) is 0 Å². The molecular weight excluding hydrogens is 208 g/mol. The average molecular weight is 224 g/mol. The van der Waals surface area contributed by atoms with Gasteiger partial charge in [0, 0.05) is 0 Å². The van der Waals surface area contributed by atoms with Gasteiger partial charge in [0.15, 0.2) is 0 Å². The number of nitrogens with two attached hydrogens (primary N) is 1.